The van der Waals surface area contributed by atoms with Gasteiger partial charge < -0.3 is 9.47 Å². The Kier molecular flexibility index (Phi) is 9.90. The van der Waals surface area contributed by atoms with Crippen LogP contribution < -0.4 is 0 Å². The Morgan fingerprint density at radius 1 is 0.742 bits per heavy atom. The van der Waals surface area contributed by atoms with Gasteiger partial charge in [0.05, 0.1) is 9.79 Å². The molecule has 0 atom stereocenters. The average Bonchev–Trinajstić information content (AvgIpc) is 2.79. The Balaban J connectivity index is 1.92. The third kappa shape index (κ3) is 7.93. The van der Waals surface area contributed by atoms with Gasteiger partial charge in [0, 0.05) is 33.4 Å². The molecule has 0 saturated heterocycles. The van der Waals surface area contributed by atoms with E-state index >= 15 is 0 Å². The largest absolute Gasteiger partial charge is 0.462 e. The molecule has 0 aliphatic carbocycles. The van der Waals surface area contributed by atoms with E-state index in [9.17, 15) is 18.0 Å². The first-order chi connectivity index (χ1) is 14.9. The van der Waals surface area contributed by atoms with Crippen LogP contribution in [0.25, 0.3) is 0 Å². The van der Waals surface area contributed by atoms with Gasteiger partial charge in [-0.2, -0.15) is 0 Å². The van der Waals surface area contributed by atoms with Crippen molar-refractivity contribution in [1.29, 1.82) is 0 Å². The van der Waals surface area contributed by atoms with Gasteiger partial charge in [0.25, 0.3) is 0 Å². The van der Waals surface area contributed by atoms with Crippen LogP contribution in [0.15, 0.2) is 93.4 Å². The van der Waals surface area contributed by atoms with E-state index in [1.54, 1.807) is 48.5 Å². The fourth-order valence-electron chi connectivity index (χ4n) is 2.29. The number of carbonyl (C=O) groups is 2. The number of benzene rings is 2. The van der Waals surface area contributed by atoms with Crippen LogP contribution in [0, 0.1) is 0 Å². The van der Waals surface area contributed by atoms with Crippen molar-refractivity contribution in [2.24, 2.45) is 0 Å². The third-order valence-corrected chi connectivity index (χ3v) is 7.53. The molecule has 164 valence electrons. The lowest BCUT2D eigenvalue weighted by atomic mass is 10.4. The third-order valence-electron chi connectivity index (χ3n) is 3.79. The first-order valence-corrected chi connectivity index (χ1v) is 12.6. The van der Waals surface area contributed by atoms with Crippen LogP contribution in [-0.2, 0) is 28.9 Å². The van der Waals surface area contributed by atoms with Crippen LogP contribution in [0.1, 0.15) is 0 Å². The summed E-state index contributed by atoms with van der Waals surface area (Å²) in [5, 5.41) is 0. The number of thioether (sulfide) groups is 2. The molecule has 2 rings (SSSR count). The second-order valence-electron chi connectivity index (χ2n) is 5.89. The topological polar surface area (TPSA) is 86.7 Å². The number of ether oxygens (including phenoxy) is 2. The maximum Gasteiger partial charge on any atom is 0.330 e. The lowest BCUT2D eigenvalue weighted by molar-refractivity contribution is -0.138. The molecule has 0 radical (unpaired) electrons. The molecule has 0 amide bonds. The van der Waals surface area contributed by atoms with Gasteiger partial charge in [0.2, 0.25) is 9.84 Å². The van der Waals surface area contributed by atoms with E-state index in [-0.39, 0.29) is 23.0 Å². The molecule has 0 unspecified atom stereocenters. The van der Waals surface area contributed by atoms with Crippen molar-refractivity contribution in [3.05, 3.63) is 73.8 Å². The highest BCUT2D eigenvalue weighted by Gasteiger charge is 2.17. The van der Waals surface area contributed by atoms with E-state index in [0.717, 1.165) is 21.9 Å². The van der Waals surface area contributed by atoms with Crippen LogP contribution in [0.2, 0.25) is 0 Å². The predicted octanol–water partition coefficient (Wildman–Crippen LogP) is 4.16. The van der Waals surface area contributed by atoms with Crippen molar-refractivity contribution >= 4 is 45.3 Å². The fraction of sp³-hybridized carbons (Fsp3) is 0.182. The molecule has 9 heteroatoms. The fourth-order valence-corrected chi connectivity index (χ4v) is 5.01. The van der Waals surface area contributed by atoms with Gasteiger partial charge in [-0.15, -0.1) is 23.5 Å². The van der Waals surface area contributed by atoms with Gasteiger partial charge >= 0.3 is 11.9 Å². The number of sulfone groups is 1. The van der Waals surface area contributed by atoms with Gasteiger partial charge in [-0.25, -0.2) is 18.0 Å². The molecule has 0 bridgehead atoms. The Morgan fingerprint density at radius 2 is 1.10 bits per heavy atom. The minimum Gasteiger partial charge on any atom is -0.462 e. The van der Waals surface area contributed by atoms with Crippen molar-refractivity contribution in [2.45, 2.75) is 19.6 Å². The van der Waals surface area contributed by atoms with E-state index < -0.39 is 21.8 Å². The minimum atomic E-state index is -3.63. The first kappa shape index (κ1) is 24.8. The summed E-state index contributed by atoms with van der Waals surface area (Å²) in [6.07, 6.45) is 2.22. The van der Waals surface area contributed by atoms with Crippen LogP contribution in [-0.4, -0.2) is 45.1 Å². The zero-order valence-corrected chi connectivity index (χ0v) is 19.1. The molecule has 0 spiro atoms. The average molecular weight is 479 g/mol. The summed E-state index contributed by atoms with van der Waals surface area (Å²) in [5.41, 5.74) is 0. The van der Waals surface area contributed by atoms with Crippen LogP contribution >= 0.6 is 23.5 Å². The molecular formula is C22H22O6S3. The summed E-state index contributed by atoms with van der Waals surface area (Å²) < 4.78 is 35.5. The quantitative estimate of drug-likeness (QED) is 0.195. The molecule has 0 heterocycles. The summed E-state index contributed by atoms with van der Waals surface area (Å²) >= 11 is 2.91. The van der Waals surface area contributed by atoms with Gasteiger partial charge in [0.15, 0.2) is 0 Å². The number of rotatable bonds is 12. The van der Waals surface area contributed by atoms with Crippen molar-refractivity contribution in [3.8, 4) is 0 Å². The van der Waals surface area contributed by atoms with Crippen LogP contribution in [0.3, 0.4) is 0 Å². The van der Waals surface area contributed by atoms with Gasteiger partial charge in [-0.1, -0.05) is 13.2 Å². The SMILES string of the molecule is C=CC(=O)OCCSc1ccc(S(=O)(=O)c2ccc(SCCOC(=O)C=C)cc2)cc1. The summed E-state index contributed by atoms with van der Waals surface area (Å²) in [7, 11) is -3.63. The number of hydrogen-bond acceptors (Lipinski definition) is 8. The molecule has 2 aromatic rings. The standard InChI is InChI=1S/C22H22O6S3/c1-3-21(23)27-13-15-29-17-5-9-19(10-6-17)31(25,26)20-11-7-18(8-12-20)30-16-14-28-22(24)4-2/h3-12H,1-2,13-16H2. The van der Waals surface area contributed by atoms with Crippen molar-refractivity contribution in [2.75, 3.05) is 24.7 Å². The molecule has 0 aliphatic heterocycles. The van der Waals surface area contributed by atoms with E-state index in [2.05, 4.69) is 13.2 Å². The zero-order chi connectivity index (χ0) is 22.7. The maximum absolute atomic E-state index is 12.8. The van der Waals surface area contributed by atoms with E-state index in [0.29, 0.717) is 11.5 Å². The molecule has 31 heavy (non-hydrogen) atoms. The Morgan fingerprint density at radius 3 is 1.42 bits per heavy atom. The Hall–Kier alpha value is -2.49. The number of esters is 2. The highest BCUT2D eigenvalue weighted by atomic mass is 32.2. The van der Waals surface area contributed by atoms with Gasteiger partial charge in [-0.05, 0) is 48.5 Å². The molecule has 0 N–H and O–H groups in total. The van der Waals surface area contributed by atoms with Gasteiger partial charge in [0.1, 0.15) is 13.2 Å². The zero-order valence-electron chi connectivity index (χ0n) is 16.7. The smallest absolute Gasteiger partial charge is 0.330 e. The molecule has 0 aromatic heterocycles. The minimum absolute atomic E-state index is 0.201. The van der Waals surface area contributed by atoms with Crippen LogP contribution in [0.5, 0.6) is 0 Å². The first-order valence-electron chi connectivity index (χ1n) is 9.16. The summed E-state index contributed by atoms with van der Waals surface area (Å²) in [4.78, 5) is 24.1. The summed E-state index contributed by atoms with van der Waals surface area (Å²) in [6.45, 7) is 7.15. The predicted molar refractivity (Wildman–Crippen MR) is 122 cm³/mol. The monoisotopic (exact) mass is 478 g/mol. The van der Waals surface area contributed by atoms with Crippen molar-refractivity contribution in [3.63, 3.8) is 0 Å². The van der Waals surface area contributed by atoms with Crippen molar-refractivity contribution in [1.82, 2.24) is 0 Å². The van der Waals surface area contributed by atoms with Crippen molar-refractivity contribution < 1.29 is 27.5 Å². The molecule has 6 nitrogen and oxygen atoms in total. The number of carbonyl (C=O) groups excluding carboxylic acids is 2. The molecular weight excluding hydrogens is 456 g/mol. The lowest BCUT2D eigenvalue weighted by Crippen LogP contribution is -2.04. The second-order valence-corrected chi connectivity index (χ2v) is 10.2. The second kappa shape index (κ2) is 12.4. The normalized spacial score (nSPS) is 10.8. The van der Waals surface area contributed by atoms with Crippen LogP contribution in [0.4, 0.5) is 0 Å². The van der Waals surface area contributed by atoms with Gasteiger partial charge in [-0.3, -0.25) is 0 Å². The van der Waals surface area contributed by atoms with E-state index in [1.165, 1.54) is 23.5 Å². The lowest BCUT2D eigenvalue weighted by Gasteiger charge is -2.08. The number of hydrogen-bond donors (Lipinski definition) is 0. The molecule has 2 aromatic carbocycles. The highest BCUT2D eigenvalue weighted by molar-refractivity contribution is 7.99. The highest BCUT2D eigenvalue weighted by Crippen LogP contribution is 2.26. The molecule has 0 fully saturated rings. The Labute approximate surface area is 190 Å². The van der Waals surface area contributed by atoms with E-state index in [4.69, 9.17) is 9.47 Å². The summed E-state index contributed by atoms with van der Waals surface area (Å²) in [6, 6.07) is 13.1. The summed E-state index contributed by atoms with van der Waals surface area (Å²) in [5.74, 6) is 0.167. The molecule has 0 saturated carbocycles. The molecule has 0 aliphatic rings. The maximum atomic E-state index is 12.8. The Bertz CT molecular complexity index is 935. The van der Waals surface area contributed by atoms with E-state index in [1.807, 2.05) is 0 Å².